The second-order valence-corrected chi connectivity index (χ2v) is 7.31. The van der Waals surface area contributed by atoms with Gasteiger partial charge in [0, 0.05) is 11.3 Å². The molecule has 7 nitrogen and oxygen atoms in total. The van der Waals surface area contributed by atoms with Gasteiger partial charge in [-0.3, -0.25) is 14.4 Å². The minimum atomic E-state index is -0.423. The lowest BCUT2D eigenvalue weighted by Crippen LogP contribution is -2.24. The number of thioether (sulfide) groups is 1. The highest BCUT2D eigenvalue weighted by atomic mass is 32.2. The molecule has 0 saturated heterocycles. The average Bonchev–Trinajstić information content (AvgIpc) is 2.73. The molecule has 2 amide bonds. The molecule has 0 saturated carbocycles. The van der Waals surface area contributed by atoms with E-state index in [4.69, 9.17) is 9.47 Å². The Morgan fingerprint density at radius 3 is 2.38 bits per heavy atom. The Bertz CT molecular complexity index is 854. The summed E-state index contributed by atoms with van der Waals surface area (Å²) in [5.41, 5.74) is 1.58. The van der Waals surface area contributed by atoms with Crippen molar-refractivity contribution in [3.8, 4) is 5.75 Å². The van der Waals surface area contributed by atoms with Crippen LogP contribution >= 0.6 is 11.8 Å². The number of amides is 2. The van der Waals surface area contributed by atoms with E-state index in [1.165, 1.54) is 18.9 Å². The molecule has 0 spiro atoms. The van der Waals surface area contributed by atoms with Crippen molar-refractivity contribution in [2.75, 3.05) is 30.1 Å². The smallest absolute Gasteiger partial charge is 0.315 e. The summed E-state index contributed by atoms with van der Waals surface area (Å²) in [4.78, 5) is 36.0. The number of anilines is 2. The van der Waals surface area contributed by atoms with Gasteiger partial charge >= 0.3 is 5.97 Å². The van der Waals surface area contributed by atoms with Gasteiger partial charge in [-0.1, -0.05) is 12.1 Å². The Kier molecular flexibility index (Phi) is 8.54. The first-order valence-electron chi connectivity index (χ1n) is 9.07. The van der Waals surface area contributed by atoms with Crippen LogP contribution < -0.4 is 15.4 Å². The Labute approximate surface area is 174 Å². The first kappa shape index (κ1) is 22.3. The number of ether oxygens (including phenoxy) is 2. The number of para-hydroxylation sites is 2. The highest BCUT2D eigenvalue weighted by Crippen LogP contribution is 2.24. The van der Waals surface area contributed by atoms with Crippen molar-refractivity contribution in [2.45, 2.75) is 19.1 Å². The van der Waals surface area contributed by atoms with Gasteiger partial charge in [0.05, 0.1) is 30.4 Å². The second kappa shape index (κ2) is 11.1. The number of hydrogen-bond acceptors (Lipinski definition) is 6. The van der Waals surface area contributed by atoms with Crippen LogP contribution in [0.15, 0.2) is 48.5 Å². The summed E-state index contributed by atoms with van der Waals surface area (Å²) in [5, 5.41) is 5.14. The van der Waals surface area contributed by atoms with Crippen molar-refractivity contribution in [1.82, 2.24) is 0 Å². The Hall–Kier alpha value is -3.00. The molecule has 0 radical (unpaired) electrons. The molecule has 1 atom stereocenters. The Morgan fingerprint density at radius 1 is 1.03 bits per heavy atom. The Balaban J connectivity index is 1.91. The van der Waals surface area contributed by atoms with E-state index in [0.29, 0.717) is 29.3 Å². The van der Waals surface area contributed by atoms with Crippen molar-refractivity contribution in [2.24, 2.45) is 0 Å². The van der Waals surface area contributed by atoms with Crippen molar-refractivity contribution in [3.63, 3.8) is 0 Å². The predicted molar refractivity (Wildman–Crippen MR) is 115 cm³/mol. The maximum atomic E-state index is 12.4. The molecule has 29 heavy (non-hydrogen) atoms. The molecule has 2 aromatic carbocycles. The SMILES string of the molecule is CCOC(=O)CSC(C)C(=O)Nc1ccc(C(=O)Nc2ccccc2OC)cc1. The fourth-order valence-electron chi connectivity index (χ4n) is 2.36. The zero-order valence-corrected chi connectivity index (χ0v) is 17.4. The molecule has 2 rings (SSSR count). The van der Waals surface area contributed by atoms with Gasteiger partial charge in [-0.15, -0.1) is 11.8 Å². The third-order valence-electron chi connectivity index (χ3n) is 3.90. The minimum Gasteiger partial charge on any atom is -0.495 e. The van der Waals surface area contributed by atoms with Crippen LogP contribution in [0.5, 0.6) is 5.75 Å². The van der Waals surface area contributed by atoms with E-state index in [1.807, 2.05) is 6.07 Å². The van der Waals surface area contributed by atoms with Gasteiger partial charge < -0.3 is 20.1 Å². The van der Waals surface area contributed by atoms with Crippen LogP contribution in [0.4, 0.5) is 11.4 Å². The zero-order valence-electron chi connectivity index (χ0n) is 16.6. The fraction of sp³-hybridized carbons (Fsp3) is 0.286. The van der Waals surface area contributed by atoms with E-state index < -0.39 is 5.25 Å². The van der Waals surface area contributed by atoms with Gasteiger partial charge in [0.1, 0.15) is 5.75 Å². The third kappa shape index (κ3) is 6.83. The van der Waals surface area contributed by atoms with Crippen LogP contribution in [0.3, 0.4) is 0 Å². The maximum absolute atomic E-state index is 12.4. The maximum Gasteiger partial charge on any atom is 0.315 e. The van der Waals surface area contributed by atoms with Gasteiger partial charge in [0.2, 0.25) is 5.91 Å². The predicted octanol–water partition coefficient (Wildman–Crippen LogP) is 3.57. The highest BCUT2D eigenvalue weighted by molar-refractivity contribution is 8.01. The van der Waals surface area contributed by atoms with E-state index in [1.54, 1.807) is 56.3 Å². The molecular formula is C21H24N2O5S. The van der Waals surface area contributed by atoms with Crippen molar-refractivity contribution in [3.05, 3.63) is 54.1 Å². The van der Waals surface area contributed by atoms with Crippen LogP contribution in [0.1, 0.15) is 24.2 Å². The topological polar surface area (TPSA) is 93.7 Å². The molecule has 0 fully saturated rings. The van der Waals surface area contributed by atoms with E-state index in [2.05, 4.69) is 10.6 Å². The summed E-state index contributed by atoms with van der Waals surface area (Å²) in [6.07, 6.45) is 0. The van der Waals surface area contributed by atoms with Gasteiger partial charge in [0.25, 0.3) is 5.91 Å². The molecule has 1 unspecified atom stereocenters. The van der Waals surface area contributed by atoms with E-state index in [-0.39, 0.29) is 23.5 Å². The normalized spacial score (nSPS) is 11.3. The van der Waals surface area contributed by atoms with Gasteiger partial charge in [-0.2, -0.15) is 0 Å². The number of carbonyl (C=O) groups is 3. The molecule has 0 aliphatic rings. The summed E-state index contributed by atoms with van der Waals surface area (Å²) in [7, 11) is 1.54. The minimum absolute atomic E-state index is 0.116. The molecule has 0 aliphatic carbocycles. The quantitative estimate of drug-likeness (QED) is 0.607. The van der Waals surface area contributed by atoms with Crippen LogP contribution in [0, 0.1) is 0 Å². The number of carbonyl (C=O) groups excluding carboxylic acids is 3. The van der Waals surface area contributed by atoms with Gasteiger partial charge in [-0.25, -0.2) is 0 Å². The number of methoxy groups -OCH3 is 1. The molecular weight excluding hydrogens is 392 g/mol. The third-order valence-corrected chi connectivity index (χ3v) is 5.01. The van der Waals surface area contributed by atoms with Crippen molar-refractivity contribution < 1.29 is 23.9 Å². The van der Waals surface area contributed by atoms with E-state index in [9.17, 15) is 14.4 Å². The summed E-state index contributed by atoms with van der Waals surface area (Å²) in [5.74, 6) is -0.178. The largest absolute Gasteiger partial charge is 0.495 e. The molecule has 2 aromatic rings. The van der Waals surface area contributed by atoms with Gasteiger partial charge in [0.15, 0.2) is 0 Å². The number of nitrogens with one attached hydrogen (secondary N) is 2. The second-order valence-electron chi connectivity index (χ2n) is 5.98. The van der Waals surface area contributed by atoms with E-state index >= 15 is 0 Å². The standard InChI is InChI=1S/C21H24N2O5S/c1-4-28-19(24)13-29-14(2)20(25)22-16-11-9-15(10-12-16)21(26)23-17-7-5-6-8-18(17)27-3/h5-12,14H,4,13H2,1-3H3,(H,22,25)(H,23,26). The van der Waals surface area contributed by atoms with Crippen LogP contribution in [-0.2, 0) is 14.3 Å². The first-order chi connectivity index (χ1) is 13.9. The average molecular weight is 416 g/mol. The lowest BCUT2D eigenvalue weighted by atomic mass is 10.2. The lowest BCUT2D eigenvalue weighted by Gasteiger charge is -2.12. The molecule has 8 heteroatoms. The molecule has 0 bridgehead atoms. The lowest BCUT2D eigenvalue weighted by molar-refractivity contribution is -0.139. The van der Waals surface area contributed by atoms with Crippen molar-refractivity contribution in [1.29, 1.82) is 0 Å². The summed E-state index contributed by atoms with van der Waals surface area (Å²) in [6.45, 7) is 3.77. The number of benzene rings is 2. The number of esters is 1. The summed E-state index contributed by atoms with van der Waals surface area (Å²) < 4.78 is 10.1. The van der Waals surface area contributed by atoms with Crippen molar-refractivity contribution >= 4 is 40.9 Å². The highest BCUT2D eigenvalue weighted by Gasteiger charge is 2.16. The summed E-state index contributed by atoms with van der Waals surface area (Å²) >= 11 is 1.20. The van der Waals surface area contributed by atoms with Crippen LogP contribution in [0.2, 0.25) is 0 Å². The fourth-order valence-corrected chi connectivity index (χ4v) is 3.04. The summed E-state index contributed by atoms with van der Waals surface area (Å²) in [6, 6.07) is 13.7. The number of hydrogen-bond donors (Lipinski definition) is 2. The molecule has 0 heterocycles. The first-order valence-corrected chi connectivity index (χ1v) is 10.1. The van der Waals surface area contributed by atoms with Crippen LogP contribution in [-0.4, -0.2) is 42.5 Å². The number of rotatable bonds is 9. The molecule has 0 aromatic heterocycles. The Morgan fingerprint density at radius 2 is 1.72 bits per heavy atom. The van der Waals surface area contributed by atoms with Gasteiger partial charge in [-0.05, 0) is 50.2 Å². The zero-order chi connectivity index (χ0) is 21.2. The van der Waals surface area contributed by atoms with Crippen LogP contribution in [0.25, 0.3) is 0 Å². The molecule has 0 aliphatic heterocycles. The van der Waals surface area contributed by atoms with E-state index in [0.717, 1.165) is 0 Å². The molecule has 2 N–H and O–H groups in total. The monoisotopic (exact) mass is 416 g/mol. The molecule has 154 valence electrons.